The van der Waals surface area contributed by atoms with E-state index >= 15 is 0 Å². The Morgan fingerprint density at radius 1 is 1.32 bits per heavy atom. The number of aryl methyl sites for hydroxylation is 1. The van der Waals surface area contributed by atoms with Crippen LogP contribution in [0.4, 0.5) is 0 Å². The standard InChI is InChI=1S/C16H24BrNO/c1-4-6-14(9-10-17)11-18-16(19)15-8-5-7-12(2)13(15)3/h5,7-8,14H,4,6,9-11H2,1-3H3,(H,18,19). The Balaban J connectivity index is 2.61. The van der Waals surface area contributed by atoms with E-state index in [1.165, 1.54) is 12.0 Å². The van der Waals surface area contributed by atoms with Gasteiger partial charge in [0.1, 0.15) is 0 Å². The van der Waals surface area contributed by atoms with Crippen LogP contribution in [0.3, 0.4) is 0 Å². The number of benzene rings is 1. The zero-order valence-electron chi connectivity index (χ0n) is 12.1. The van der Waals surface area contributed by atoms with Crippen molar-refractivity contribution >= 4 is 21.8 Å². The van der Waals surface area contributed by atoms with Gasteiger partial charge in [0, 0.05) is 17.4 Å². The smallest absolute Gasteiger partial charge is 0.251 e. The number of rotatable bonds is 7. The summed E-state index contributed by atoms with van der Waals surface area (Å²) in [7, 11) is 0. The highest BCUT2D eigenvalue weighted by Crippen LogP contribution is 2.14. The van der Waals surface area contributed by atoms with E-state index in [0.29, 0.717) is 5.92 Å². The van der Waals surface area contributed by atoms with Crippen molar-refractivity contribution in [2.24, 2.45) is 5.92 Å². The van der Waals surface area contributed by atoms with Crippen LogP contribution in [0.15, 0.2) is 18.2 Å². The number of amides is 1. The number of halogens is 1. The molecule has 3 heteroatoms. The normalized spacial score (nSPS) is 12.2. The molecule has 0 saturated carbocycles. The number of hydrogen-bond donors (Lipinski definition) is 1. The first-order valence-electron chi connectivity index (χ1n) is 7.00. The SMILES string of the molecule is CCCC(CCBr)CNC(=O)c1cccc(C)c1C. The number of carbonyl (C=O) groups is 1. The molecule has 106 valence electrons. The second kappa shape index (κ2) is 8.36. The molecule has 0 aliphatic heterocycles. The molecule has 0 aromatic heterocycles. The van der Waals surface area contributed by atoms with Crippen LogP contribution in [0.5, 0.6) is 0 Å². The van der Waals surface area contributed by atoms with Crippen molar-refractivity contribution in [2.45, 2.75) is 40.0 Å². The molecule has 0 fully saturated rings. The van der Waals surface area contributed by atoms with Gasteiger partial charge in [0.25, 0.3) is 5.91 Å². The first-order chi connectivity index (χ1) is 9.10. The van der Waals surface area contributed by atoms with E-state index in [4.69, 9.17) is 0 Å². The second-order valence-corrected chi connectivity index (χ2v) is 5.88. The van der Waals surface area contributed by atoms with Gasteiger partial charge in [0.2, 0.25) is 0 Å². The molecule has 0 heterocycles. The van der Waals surface area contributed by atoms with Crippen LogP contribution in [0.1, 0.15) is 47.7 Å². The van der Waals surface area contributed by atoms with Gasteiger partial charge in [0.15, 0.2) is 0 Å². The van der Waals surface area contributed by atoms with Gasteiger partial charge in [-0.3, -0.25) is 4.79 Å². The Morgan fingerprint density at radius 3 is 2.68 bits per heavy atom. The van der Waals surface area contributed by atoms with Gasteiger partial charge >= 0.3 is 0 Å². The van der Waals surface area contributed by atoms with Crippen LogP contribution in [0.25, 0.3) is 0 Å². The van der Waals surface area contributed by atoms with E-state index in [2.05, 4.69) is 28.2 Å². The second-order valence-electron chi connectivity index (χ2n) is 5.09. The summed E-state index contributed by atoms with van der Waals surface area (Å²) >= 11 is 3.48. The van der Waals surface area contributed by atoms with Gasteiger partial charge in [0.05, 0.1) is 0 Å². The first kappa shape index (κ1) is 16.2. The fourth-order valence-corrected chi connectivity index (χ4v) is 2.89. The summed E-state index contributed by atoms with van der Waals surface area (Å²) in [5, 5.41) is 4.07. The zero-order valence-corrected chi connectivity index (χ0v) is 13.7. The van der Waals surface area contributed by atoms with Crippen LogP contribution in [-0.2, 0) is 0 Å². The molecule has 0 radical (unpaired) electrons. The molecule has 2 nitrogen and oxygen atoms in total. The van der Waals surface area contributed by atoms with E-state index in [-0.39, 0.29) is 5.91 Å². The average molecular weight is 326 g/mol. The van der Waals surface area contributed by atoms with Crippen LogP contribution < -0.4 is 5.32 Å². The zero-order chi connectivity index (χ0) is 14.3. The monoisotopic (exact) mass is 325 g/mol. The topological polar surface area (TPSA) is 29.1 Å². The highest BCUT2D eigenvalue weighted by atomic mass is 79.9. The lowest BCUT2D eigenvalue weighted by Gasteiger charge is -2.16. The summed E-state index contributed by atoms with van der Waals surface area (Å²) in [6, 6.07) is 5.88. The summed E-state index contributed by atoms with van der Waals surface area (Å²) in [4.78, 5) is 12.2. The molecule has 1 rings (SSSR count). The lowest BCUT2D eigenvalue weighted by atomic mass is 10.00. The Morgan fingerprint density at radius 2 is 2.05 bits per heavy atom. The molecule has 1 aromatic carbocycles. The van der Waals surface area contributed by atoms with E-state index in [1.807, 2.05) is 32.0 Å². The summed E-state index contributed by atoms with van der Waals surface area (Å²) in [6.07, 6.45) is 3.44. The summed E-state index contributed by atoms with van der Waals surface area (Å²) in [5.41, 5.74) is 3.04. The summed E-state index contributed by atoms with van der Waals surface area (Å²) in [6.45, 7) is 7.00. The molecule has 0 aliphatic carbocycles. The van der Waals surface area contributed by atoms with Crippen molar-refractivity contribution in [3.05, 3.63) is 34.9 Å². The quantitative estimate of drug-likeness (QED) is 0.746. The molecule has 1 amide bonds. The summed E-state index contributed by atoms with van der Waals surface area (Å²) in [5.74, 6) is 0.621. The lowest BCUT2D eigenvalue weighted by Crippen LogP contribution is -2.30. The van der Waals surface area contributed by atoms with Gasteiger partial charge in [-0.15, -0.1) is 0 Å². The van der Waals surface area contributed by atoms with Crippen LogP contribution in [0, 0.1) is 19.8 Å². The largest absolute Gasteiger partial charge is 0.352 e. The number of carbonyl (C=O) groups excluding carboxylic acids is 1. The third-order valence-electron chi connectivity index (χ3n) is 3.61. The van der Waals surface area contributed by atoms with Crippen molar-refractivity contribution in [1.29, 1.82) is 0 Å². The molecule has 1 N–H and O–H groups in total. The van der Waals surface area contributed by atoms with Crippen LogP contribution in [0.2, 0.25) is 0 Å². The lowest BCUT2D eigenvalue weighted by molar-refractivity contribution is 0.0945. The Hall–Kier alpha value is -0.830. The van der Waals surface area contributed by atoms with Gasteiger partial charge in [-0.05, 0) is 49.8 Å². The van der Waals surface area contributed by atoms with E-state index < -0.39 is 0 Å². The molecular formula is C16H24BrNO. The van der Waals surface area contributed by atoms with Crippen molar-refractivity contribution in [2.75, 3.05) is 11.9 Å². The molecule has 0 bridgehead atoms. The predicted octanol–water partition coefficient (Wildman–Crippen LogP) is 4.23. The fraction of sp³-hybridized carbons (Fsp3) is 0.562. The minimum Gasteiger partial charge on any atom is -0.352 e. The Labute approximate surface area is 125 Å². The molecule has 1 unspecified atom stereocenters. The first-order valence-corrected chi connectivity index (χ1v) is 8.12. The number of hydrogen-bond acceptors (Lipinski definition) is 1. The van der Waals surface area contributed by atoms with E-state index in [9.17, 15) is 4.79 Å². The maximum Gasteiger partial charge on any atom is 0.251 e. The minimum atomic E-state index is 0.0527. The fourth-order valence-electron chi connectivity index (χ4n) is 2.24. The van der Waals surface area contributed by atoms with Crippen LogP contribution >= 0.6 is 15.9 Å². The Bertz CT molecular complexity index is 411. The number of alkyl halides is 1. The predicted molar refractivity (Wildman–Crippen MR) is 85.1 cm³/mol. The molecule has 0 saturated heterocycles. The molecule has 0 spiro atoms. The van der Waals surface area contributed by atoms with Crippen molar-refractivity contribution in [3.8, 4) is 0 Å². The molecule has 1 aromatic rings. The average Bonchev–Trinajstić information content (AvgIpc) is 2.39. The maximum atomic E-state index is 12.2. The van der Waals surface area contributed by atoms with Gasteiger partial charge in [-0.2, -0.15) is 0 Å². The third kappa shape index (κ3) is 4.98. The minimum absolute atomic E-state index is 0.0527. The molecule has 19 heavy (non-hydrogen) atoms. The van der Waals surface area contributed by atoms with Gasteiger partial charge in [-0.1, -0.05) is 41.4 Å². The van der Waals surface area contributed by atoms with Crippen LogP contribution in [-0.4, -0.2) is 17.8 Å². The Kier molecular flexibility index (Phi) is 7.14. The number of nitrogens with one attached hydrogen (secondary N) is 1. The third-order valence-corrected chi connectivity index (χ3v) is 4.07. The highest BCUT2D eigenvalue weighted by molar-refractivity contribution is 9.09. The van der Waals surface area contributed by atoms with Gasteiger partial charge < -0.3 is 5.32 Å². The van der Waals surface area contributed by atoms with E-state index in [0.717, 1.165) is 35.8 Å². The van der Waals surface area contributed by atoms with Gasteiger partial charge in [-0.25, -0.2) is 0 Å². The molecular weight excluding hydrogens is 302 g/mol. The van der Waals surface area contributed by atoms with Crippen molar-refractivity contribution in [1.82, 2.24) is 5.32 Å². The molecule has 0 aliphatic rings. The summed E-state index contributed by atoms with van der Waals surface area (Å²) < 4.78 is 0. The highest BCUT2D eigenvalue weighted by Gasteiger charge is 2.12. The van der Waals surface area contributed by atoms with Crippen molar-refractivity contribution in [3.63, 3.8) is 0 Å². The van der Waals surface area contributed by atoms with Crippen molar-refractivity contribution < 1.29 is 4.79 Å². The molecule has 1 atom stereocenters. The van der Waals surface area contributed by atoms with E-state index in [1.54, 1.807) is 0 Å². The maximum absolute atomic E-state index is 12.2.